The number of sulfonamides is 1. The van der Waals surface area contributed by atoms with E-state index in [9.17, 15) is 8.42 Å². The van der Waals surface area contributed by atoms with Crippen LogP contribution in [0.5, 0.6) is 5.75 Å². The van der Waals surface area contributed by atoms with Crippen LogP contribution in [0.3, 0.4) is 0 Å². The Morgan fingerprint density at radius 3 is 2.47 bits per heavy atom. The fourth-order valence-corrected chi connectivity index (χ4v) is 5.67. The van der Waals surface area contributed by atoms with Gasteiger partial charge in [0.05, 0.1) is 23.7 Å². The molecule has 1 saturated carbocycles. The van der Waals surface area contributed by atoms with Gasteiger partial charge in [-0.25, -0.2) is 8.42 Å². The van der Waals surface area contributed by atoms with Crippen LogP contribution in [0.15, 0.2) is 77.1 Å². The SMILES string of the molecule is Cc1ccc(S(=O)(=O)N2CC=C3C(c4c(C)cccc4OCC4CC4)=CN(C)C=C32)cc1. The molecule has 5 rings (SSSR count). The van der Waals surface area contributed by atoms with Gasteiger partial charge in [0.25, 0.3) is 10.0 Å². The van der Waals surface area contributed by atoms with E-state index in [0.29, 0.717) is 23.1 Å². The molecule has 32 heavy (non-hydrogen) atoms. The molecule has 0 saturated heterocycles. The third-order valence-corrected chi connectivity index (χ3v) is 8.03. The van der Waals surface area contributed by atoms with Crippen molar-refractivity contribution in [3.05, 3.63) is 88.9 Å². The van der Waals surface area contributed by atoms with Gasteiger partial charge in [-0.15, -0.1) is 0 Å². The zero-order valence-corrected chi connectivity index (χ0v) is 19.5. The maximum atomic E-state index is 13.5. The summed E-state index contributed by atoms with van der Waals surface area (Å²) in [4.78, 5) is 2.24. The number of nitrogens with zero attached hydrogens (tertiary/aromatic N) is 2. The Balaban J connectivity index is 1.51. The molecule has 166 valence electrons. The minimum Gasteiger partial charge on any atom is -0.493 e. The van der Waals surface area contributed by atoms with Crippen molar-refractivity contribution in [2.24, 2.45) is 5.92 Å². The molecule has 2 aliphatic heterocycles. The fraction of sp³-hybridized carbons (Fsp3) is 0.308. The zero-order chi connectivity index (χ0) is 22.5. The summed E-state index contributed by atoms with van der Waals surface area (Å²) >= 11 is 0. The Kier molecular flexibility index (Phi) is 5.13. The number of aryl methyl sites for hydroxylation is 2. The summed E-state index contributed by atoms with van der Waals surface area (Å²) in [6.45, 7) is 5.07. The summed E-state index contributed by atoms with van der Waals surface area (Å²) in [6.07, 6.45) is 8.42. The van der Waals surface area contributed by atoms with Crippen LogP contribution >= 0.6 is 0 Å². The van der Waals surface area contributed by atoms with E-state index in [2.05, 4.69) is 19.2 Å². The molecule has 0 bridgehead atoms. The second kappa shape index (κ2) is 7.85. The van der Waals surface area contributed by atoms with Crippen LogP contribution < -0.4 is 4.74 Å². The van der Waals surface area contributed by atoms with Crippen molar-refractivity contribution < 1.29 is 13.2 Å². The Bertz CT molecular complexity index is 1250. The van der Waals surface area contributed by atoms with Gasteiger partial charge in [0.1, 0.15) is 5.75 Å². The zero-order valence-electron chi connectivity index (χ0n) is 18.7. The van der Waals surface area contributed by atoms with Crippen molar-refractivity contribution in [1.29, 1.82) is 0 Å². The van der Waals surface area contributed by atoms with Gasteiger partial charge in [0, 0.05) is 36.2 Å². The van der Waals surface area contributed by atoms with Crippen LogP contribution in [0.1, 0.15) is 29.5 Å². The highest BCUT2D eigenvalue weighted by Gasteiger charge is 2.36. The van der Waals surface area contributed by atoms with Crippen LogP contribution in [0.2, 0.25) is 0 Å². The van der Waals surface area contributed by atoms with Gasteiger partial charge < -0.3 is 9.64 Å². The van der Waals surface area contributed by atoms with Gasteiger partial charge >= 0.3 is 0 Å². The standard InChI is InChI=1S/C26H28N2O3S/c1-18-7-11-21(12-8-18)32(29,30)28-14-13-22-23(15-27(3)16-24(22)28)26-19(2)5-4-6-25(26)31-17-20-9-10-20/h4-8,11-13,15-16,20H,9-10,14,17H2,1-3H3. The Hall–Kier alpha value is -2.99. The summed E-state index contributed by atoms with van der Waals surface area (Å²) in [5.74, 6) is 1.52. The molecule has 2 aromatic carbocycles. The highest BCUT2D eigenvalue weighted by Crippen LogP contribution is 2.44. The highest BCUT2D eigenvalue weighted by atomic mass is 32.2. The lowest BCUT2D eigenvalue weighted by molar-refractivity contribution is 0.299. The third kappa shape index (κ3) is 3.73. The summed E-state index contributed by atoms with van der Waals surface area (Å²) in [5, 5.41) is 0. The molecule has 2 heterocycles. The van der Waals surface area contributed by atoms with Crippen molar-refractivity contribution in [3.8, 4) is 5.75 Å². The molecule has 0 unspecified atom stereocenters. The Morgan fingerprint density at radius 1 is 1.00 bits per heavy atom. The van der Waals surface area contributed by atoms with E-state index in [-0.39, 0.29) is 0 Å². The van der Waals surface area contributed by atoms with E-state index in [1.807, 2.05) is 55.4 Å². The number of benzene rings is 2. The van der Waals surface area contributed by atoms with Crippen LogP contribution in [-0.2, 0) is 10.0 Å². The first-order valence-electron chi connectivity index (χ1n) is 11.0. The minimum atomic E-state index is -3.66. The first-order chi connectivity index (χ1) is 15.3. The molecule has 3 aliphatic rings. The summed E-state index contributed by atoms with van der Waals surface area (Å²) < 4.78 is 34.6. The van der Waals surface area contributed by atoms with Gasteiger partial charge in [-0.05, 0) is 56.4 Å². The molecule has 0 spiro atoms. The van der Waals surface area contributed by atoms with E-state index in [0.717, 1.165) is 40.2 Å². The smallest absolute Gasteiger partial charge is 0.264 e. The number of ether oxygens (including phenoxy) is 1. The quantitative estimate of drug-likeness (QED) is 0.634. The van der Waals surface area contributed by atoms with Crippen LogP contribution in [0, 0.1) is 19.8 Å². The number of fused-ring (bicyclic) bond motifs is 1. The van der Waals surface area contributed by atoms with Gasteiger partial charge in [0.15, 0.2) is 0 Å². The maximum absolute atomic E-state index is 13.5. The molecule has 0 aromatic heterocycles. The largest absolute Gasteiger partial charge is 0.493 e. The number of hydrogen-bond acceptors (Lipinski definition) is 4. The first kappa shape index (κ1) is 20.9. The Morgan fingerprint density at radius 2 is 1.75 bits per heavy atom. The van der Waals surface area contributed by atoms with Crippen LogP contribution in [-0.4, -0.2) is 37.8 Å². The molecule has 0 radical (unpaired) electrons. The molecule has 0 amide bonds. The minimum absolute atomic E-state index is 0.307. The van der Waals surface area contributed by atoms with Crippen molar-refractivity contribution in [2.45, 2.75) is 31.6 Å². The lowest BCUT2D eigenvalue weighted by Gasteiger charge is -2.29. The Labute approximate surface area is 190 Å². The van der Waals surface area contributed by atoms with Crippen molar-refractivity contribution >= 4 is 15.6 Å². The molecular formula is C26H28N2O3S. The van der Waals surface area contributed by atoms with E-state index in [1.165, 1.54) is 17.1 Å². The lowest BCUT2D eigenvalue weighted by atomic mass is 9.91. The van der Waals surface area contributed by atoms with E-state index in [4.69, 9.17) is 4.74 Å². The summed E-state index contributed by atoms with van der Waals surface area (Å²) in [7, 11) is -1.73. The molecule has 6 heteroatoms. The third-order valence-electron chi connectivity index (χ3n) is 6.24. The normalized spacial score (nSPS) is 18.2. The highest BCUT2D eigenvalue weighted by molar-refractivity contribution is 7.89. The molecule has 1 fully saturated rings. The lowest BCUT2D eigenvalue weighted by Crippen LogP contribution is -2.30. The summed E-state index contributed by atoms with van der Waals surface area (Å²) in [5.41, 5.74) is 5.80. The topological polar surface area (TPSA) is 49.9 Å². The predicted octanol–water partition coefficient (Wildman–Crippen LogP) is 4.85. The number of rotatable bonds is 6. The predicted molar refractivity (Wildman–Crippen MR) is 126 cm³/mol. The second-order valence-electron chi connectivity index (χ2n) is 8.89. The first-order valence-corrected chi connectivity index (χ1v) is 12.5. The molecule has 1 aliphatic carbocycles. The van der Waals surface area contributed by atoms with Gasteiger partial charge in [-0.3, -0.25) is 4.31 Å². The average Bonchev–Trinajstić information content (AvgIpc) is 3.49. The van der Waals surface area contributed by atoms with Gasteiger partial charge in [-0.2, -0.15) is 0 Å². The van der Waals surface area contributed by atoms with E-state index < -0.39 is 10.0 Å². The molecule has 0 N–H and O–H groups in total. The molecule has 5 nitrogen and oxygen atoms in total. The average molecular weight is 449 g/mol. The van der Waals surface area contributed by atoms with Crippen molar-refractivity contribution in [2.75, 3.05) is 20.2 Å². The summed E-state index contributed by atoms with van der Waals surface area (Å²) in [6, 6.07) is 13.1. The second-order valence-corrected chi connectivity index (χ2v) is 10.8. The van der Waals surface area contributed by atoms with E-state index in [1.54, 1.807) is 12.1 Å². The molecule has 0 atom stereocenters. The van der Waals surface area contributed by atoms with Crippen LogP contribution in [0.4, 0.5) is 0 Å². The fourth-order valence-electron chi connectivity index (χ4n) is 4.26. The number of allylic oxidation sites excluding steroid dienone is 1. The van der Waals surface area contributed by atoms with Crippen molar-refractivity contribution in [1.82, 2.24) is 9.21 Å². The van der Waals surface area contributed by atoms with Crippen molar-refractivity contribution in [3.63, 3.8) is 0 Å². The van der Waals surface area contributed by atoms with Gasteiger partial charge in [0.2, 0.25) is 0 Å². The van der Waals surface area contributed by atoms with E-state index >= 15 is 0 Å². The maximum Gasteiger partial charge on any atom is 0.264 e. The number of hydrogen-bond donors (Lipinski definition) is 0. The monoisotopic (exact) mass is 448 g/mol. The van der Waals surface area contributed by atoms with Crippen LogP contribution in [0.25, 0.3) is 5.57 Å². The van der Waals surface area contributed by atoms with Gasteiger partial charge in [-0.1, -0.05) is 35.9 Å². The molecule has 2 aromatic rings. The molecular weight excluding hydrogens is 420 g/mol.